The summed E-state index contributed by atoms with van der Waals surface area (Å²) in [5.41, 5.74) is 0. The molecule has 0 radical (unpaired) electrons. The Kier molecular flexibility index (Phi) is 11.3. The first kappa shape index (κ1) is 15.9. The van der Waals surface area contributed by atoms with Crippen LogP contribution in [0.25, 0.3) is 0 Å². The van der Waals surface area contributed by atoms with E-state index in [0.717, 1.165) is 6.04 Å². The maximum atomic E-state index is 3.64. The van der Waals surface area contributed by atoms with Crippen molar-refractivity contribution in [3.63, 3.8) is 0 Å². The lowest BCUT2D eigenvalue weighted by Gasteiger charge is -2.16. The Bertz CT molecular complexity index is 137. The molecule has 16 heavy (non-hydrogen) atoms. The molecule has 2 nitrogen and oxygen atoms in total. The van der Waals surface area contributed by atoms with Gasteiger partial charge in [-0.2, -0.15) is 0 Å². The van der Waals surface area contributed by atoms with Crippen LogP contribution in [0, 0.1) is 0 Å². The van der Waals surface area contributed by atoms with Crippen LogP contribution in [0.2, 0.25) is 0 Å². The molecule has 98 valence electrons. The normalized spacial score (nSPS) is 15.0. The van der Waals surface area contributed by atoms with Crippen molar-refractivity contribution in [1.82, 2.24) is 10.6 Å². The molecule has 2 unspecified atom stereocenters. The number of hydrogen-bond donors (Lipinski definition) is 2. The summed E-state index contributed by atoms with van der Waals surface area (Å²) in [6, 6.07) is 1.42. The van der Waals surface area contributed by atoms with Crippen LogP contribution in [0.3, 0.4) is 0 Å². The minimum atomic E-state index is 0.677. The second-order valence-corrected chi connectivity index (χ2v) is 4.82. The van der Waals surface area contributed by atoms with Gasteiger partial charge >= 0.3 is 0 Å². The highest BCUT2D eigenvalue weighted by Gasteiger charge is 2.02. The largest absolute Gasteiger partial charge is 0.314 e. The van der Waals surface area contributed by atoms with Gasteiger partial charge in [0.2, 0.25) is 0 Å². The standard InChI is InChI=1S/C14H32N2/c1-5-10-14(7-3)16-12-9-8-11-15-13(4)6-2/h13-16H,5-12H2,1-4H3. The molecule has 0 amide bonds. The van der Waals surface area contributed by atoms with Gasteiger partial charge in [0.25, 0.3) is 0 Å². The van der Waals surface area contributed by atoms with E-state index in [1.807, 2.05) is 0 Å². The van der Waals surface area contributed by atoms with Crippen molar-refractivity contribution in [3.05, 3.63) is 0 Å². The molecule has 0 heterocycles. The molecule has 0 aromatic rings. The molecule has 0 aliphatic carbocycles. The van der Waals surface area contributed by atoms with Crippen molar-refractivity contribution in [2.45, 2.75) is 78.3 Å². The molecule has 0 aliphatic rings. The molecule has 0 aromatic carbocycles. The van der Waals surface area contributed by atoms with Crippen LogP contribution in [-0.4, -0.2) is 25.2 Å². The number of hydrogen-bond acceptors (Lipinski definition) is 2. The fourth-order valence-corrected chi connectivity index (χ4v) is 1.85. The van der Waals surface area contributed by atoms with E-state index in [1.54, 1.807) is 0 Å². The molecular weight excluding hydrogens is 196 g/mol. The highest BCUT2D eigenvalue weighted by molar-refractivity contribution is 4.64. The predicted octanol–water partition coefficient (Wildman–Crippen LogP) is 3.32. The molecule has 0 aliphatic heterocycles. The van der Waals surface area contributed by atoms with Crippen LogP contribution in [0.4, 0.5) is 0 Å². The monoisotopic (exact) mass is 228 g/mol. The molecule has 0 bridgehead atoms. The molecule has 2 atom stereocenters. The van der Waals surface area contributed by atoms with Crippen LogP contribution >= 0.6 is 0 Å². The average Bonchev–Trinajstić information content (AvgIpc) is 2.31. The van der Waals surface area contributed by atoms with E-state index < -0.39 is 0 Å². The molecule has 2 N–H and O–H groups in total. The summed E-state index contributed by atoms with van der Waals surface area (Å²) >= 11 is 0. The second-order valence-electron chi connectivity index (χ2n) is 4.82. The van der Waals surface area contributed by atoms with Crippen molar-refractivity contribution in [1.29, 1.82) is 0 Å². The van der Waals surface area contributed by atoms with E-state index in [2.05, 4.69) is 38.3 Å². The fraction of sp³-hybridized carbons (Fsp3) is 1.00. The zero-order valence-corrected chi connectivity index (χ0v) is 11.8. The lowest BCUT2D eigenvalue weighted by Crippen LogP contribution is -2.30. The molecule has 0 spiro atoms. The van der Waals surface area contributed by atoms with E-state index >= 15 is 0 Å². The summed E-state index contributed by atoms with van der Waals surface area (Å²) in [6.07, 6.45) is 7.69. The summed E-state index contributed by atoms with van der Waals surface area (Å²) in [7, 11) is 0. The Morgan fingerprint density at radius 1 is 0.875 bits per heavy atom. The van der Waals surface area contributed by atoms with Crippen molar-refractivity contribution in [2.75, 3.05) is 13.1 Å². The first-order valence-corrected chi connectivity index (χ1v) is 7.21. The maximum absolute atomic E-state index is 3.64. The Hall–Kier alpha value is -0.0800. The van der Waals surface area contributed by atoms with Gasteiger partial charge in [0.15, 0.2) is 0 Å². The highest BCUT2D eigenvalue weighted by atomic mass is 14.9. The van der Waals surface area contributed by atoms with Crippen molar-refractivity contribution >= 4 is 0 Å². The Morgan fingerprint density at radius 3 is 2.00 bits per heavy atom. The topological polar surface area (TPSA) is 24.1 Å². The lowest BCUT2D eigenvalue weighted by molar-refractivity contribution is 0.446. The summed E-state index contributed by atoms with van der Waals surface area (Å²) in [6.45, 7) is 11.4. The molecule has 0 fully saturated rings. The van der Waals surface area contributed by atoms with Gasteiger partial charge in [0.1, 0.15) is 0 Å². The molecule has 2 heteroatoms. The number of unbranched alkanes of at least 4 members (excludes halogenated alkanes) is 1. The molecule has 0 aromatic heterocycles. The van der Waals surface area contributed by atoms with E-state index in [4.69, 9.17) is 0 Å². The average molecular weight is 228 g/mol. The van der Waals surface area contributed by atoms with Gasteiger partial charge in [-0.15, -0.1) is 0 Å². The fourth-order valence-electron chi connectivity index (χ4n) is 1.85. The van der Waals surface area contributed by atoms with Gasteiger partial charge in [0.05, 0.1) is 0 Å². The second kappa shape index (κ2) is 11.4. The van der Waals surface area contributed by atoms with E-state index in [-0.39, 0.29) is 0 Å². The third kappa shape index (κ3) is 9.17. The Morgan fingerprint density at radius 2 is 1.50 bits per heavy atom. The molecule has 0 saturated carbocycles. The first-order valence-electron chi connectivity index (χ1n) is 7.21. The molecule has 0 rings (SSSR count). The summed E-state index contributed by atoms with van der Waals surface area (Å²) < 4.78 is 0. The number of nitrogens with one attached hydrogen (secondary N) is 2. The van der Waals surface area contributed by atoms with Crippen LogP contribution in [0.5, 0.6) is 0 Å². The SMILES string of the molecule is CCCC(CC)NCCCCNC(C)CC. The summed E-state index contributed by atoms with van der Waals surface area (Å²) in [4.78, 5) is 0. The smallest absolute Gasteiger partial charge is 0.00643 e. The predicted molar refractivity (Wildman–Crippen MR) is 74.0 cm³/mol. The van der Waals surface area contributed by atoms with Crippen LogP contribution < -0.4 is 10.6 Å². The minimum absolute atomic E-state index is 0.677. The Labute approximate surface area is 103 Å². The van der Waals surface area contributed by atoms with Gasteiger partial charge in [-0.3, -0.25) is 0 Å². The molecular formula is C14H32N2. The minimum Gasteiger partial charge on any atom is -0.314 e. The van der Waals surface area contributed by atoms with Gasteiger partial charge in [-0.1, -0.05) is 27.2 Å². The van der Waals surface area contributed by atoms with Crippen molar-refractivity contribution < 1.29 is 0 Å². The molecule has 0 saturated heterocycles. The third-order valence-electron chi connectivity index (χ3n) is 3.27. The van der Waals surface area contributed by atoms with Crippen LogP contribution in [0.1, 0.15) is 66.2 Å². The zero-order chi connectivity index (χ0) is 12.2. The Balaban J connectivity index is 3.25. The number of rotatable bonds is 11. The van der Waals surface area contributed by atoms with E-state index in [9.17, 15) is 0 Å². The quantitative estimate of drug-likeness (QED) is 0.530. The van der Waals surface area contributed by atoms with Gasteiger partial charge in [0, 0.05) is 12.1 Å². The van der Waals surface area contributed by atoms with Gasteiger partial charge < -0.3 is 10.6 Å². The van der Waals surface area contributed by atoms with Crippen LogP contribution in [-0.2, 0) is 0 Å². The van der Waals surface area contributed by atoms with Crippen LogP contribution in [0.15, 0.2) is 0 Å². The summed E-state index contributed by atoms with van der Waals surface area (Å²) in [5.74, 6) is 0. The third-order valence-corrected chi connectivity index (χ3v) is 3.27. The van der Waals surface area contributed by atoms with Crippen molar-refractivity contribution in [2.24, 2.45) is 0 Å². The highest BCUT2D eigenvalue weighted by Crippen LogP contribution is 2.01. The lowest BCUT2D eigenvalue weighted by atomic mass is 10.1. The van der Waals surface area contributed by atoms with Gasteiger partial charge in [-0.05, 0) is 52.1 Å². The van der Waals surface area contributed by atoms with E-state index in [0.29, 0.717) is 6.04 Å². The van der Waals surface area contributed by atoms with Gasteiger partial charge in [-0.25, -0.2) is 0 Å². The first-order chi connectivity index (χ1) is 7.74. The van der Waals surface area contributed by atoms with E-state index in [1.165, 1.54) is 51.6 Å². The van der Waals surface area contributed by atoms with Crippen molar-refractivity contribution in [3.8, 4) is 0 Å². The maximum Gasteiger partial charge on any atom is 0.00643 e. The summed E-state index contributed by atoms with van der Waals surface area (Å²) in [5, 5.41) is 7.18. The zero-order valence-electron chi connectivity index (χ0n) is 11.8.